The van der Waals surface area contributed by atoms with E-state index in [1.807, 2.05) is 12.4 Å². The molecule has 0 N–H and O–H groups in total. The van der Waals surface area contributed by atoms with Gasteiger partial charge in [-0.3, -0.25) is 4.98 Å². The van der Waals surface area contributed by atoms with Gasteiger partial charge in [0.25, 0.3) is 6.71 Å². The Morgan fingerprint density at radius 3 is 1.39 bits per heavy atom. The molecule has 4 nitrogen and oxygen atoms in total. The summed E-state index contributed by atoms with van der Waals surface area (Å²) in [6.45, 7) is -0.0369. The van der Waals surface area contributed by atoms with Crippen molar-refractivity contribution in [1.29, 1.82) is 0 Å². The minimum Gasteiger partial charge on any atom is -0.311 e. The molecule has 0 atom stereocenters. The van der Waals surface area contributed by atoms with Gasteiger partial charge in [-0.05, 0) is 147 Å². The van der Waals surface area contributed by atoms with E-state index >= 15 is 0 Å². The smallest absolute Gasteiger partial charge is 0.252 e. The third kappa shape index (κ3) is 6.45. The molecule has 0 amide bonds. The summed E-state index contributed by atoms with van der Waals surface area (Å²) in [7, 11) is 0. The second-order valence-electron chi connectivity index (χ2n) is 16.4. The van der Waals surface area contributed by atoms with E-state index < -0.39 is 0 Å². The summed E-state index contributed by atoms with van der Waals surface area (Å²) in [6, 6.07) is 86.0. The third-order valence-electron chi connectivity index (χ3n) is 12.7. The first-order chi connectivity index (χ1) is 31.8. The molecule has 1 aromatic heterocycles. The fourth-order valence-electron chi connectivity index (χ4n) is 9.85. The number of para-hydroxylation sites is 3. The molecule has 5 heteroatoms. The van der Waals surface area contributed by atoms with Gasteiger partial charge < -0.3 is 14.7 Å². The predicted octanol–water partition coefficient (Wildman–Crippen LogP) is 13.6. The van der Waals surface area contributed by atoms with Crippen LogP contribution in [-0.4, -0.2) is 11.7 Å². The van der Waals surface area contributed by atoms with Crippen molar-refractivity contribution in [1.82, 2.24) is 4.98 Å². The van der Waals surface area contributed by atoms with Crippen LogP contribution in [0.4, 0.5) is 51.2 Å². The van der Waals surface area contributed by atoms with Crippen molar-refractivity contribution >= 4 is 74.3 Å². The number of nitrogens with zero attached hydrogens (tertiary/aromatic N) is 4. The summed E-state index contributed by atoms with van der Waals surface area (Å²) >= 11 is 0. The average Bonchev–Trinajstić information content (AvgIpc) is 3.37. The maximum Gasteiger partial charge on any atom is 0.252 e. The van der Waals surface area contributed by atoms with Crippen molar-refractivity contribution in [2.24, 2.45) is 0 Å². The lowest BCUT2D eigenvalue weighted by molar-refractivity contribution is 1.24. The topological polar surface area (TPSA) is 22.6 Å². The Hall–Kier alpha value is -8.41. The Bertz CT molecular complexity index is 3180. The molecule has 3 heterocycles. The molecule has 2 aliphatic rings. The van der Waals surface area contributed by atoms with Gasteiger partial charge in [0, 0.05) is 63.6 Å². The van der Waals surface area contributed by atoms with Gasteiger partial charge in [0.2, 0.25) is 0 Å². The molecule has 0 unspecified atom stereocenters. The van der Waals surface area contributed by atoms with Gasteiger partial charge in [-0.25, -0.2) is 0 Å². The van der Waals surface area contributed by atoms with Crippen LogP contribution in [0.5, 0.6) is 0 Å². The number of pyridine rings is 1. The number of hydrogen-bond acceptors (Lipinski definition) is 4. The van der Waals surface area contributed by atoms with Crippen LogP contribution in [0.25, 0.3) is 33.4 Å². The number of fused-ring (bicyclic) bond motifs is 4. The molecule has 0 fully saturated rings. The van der Waals surface area contributed by atoms with Crippen LogP contribution in [0.2, 0.25) is 0 Å². The molecule has 0 saturated carbocycles. The predicted molar refractivity (Wildman–Crippen MR) is 269 cm³/mol. The lowest BCUT2D eigenvalue weighted by atomic mass is 9.33. The molecule has 64 heavy (non-hydrogen) atoms. The van der Waals surface area contributed by atoms with Gasteiger partial charge in [0.1, 0.15) is 0 Å². The van der Waals surface area contributed by atoms with E-state index in [9.17, 15) is 0 Å². The van der Waals surface area contributed by atoms with Gasteiger partial charge in [0.05, 0.1) is 0 Å². The minimum atomic E-state index is -0.0369. The number of hydrogen-bond donors (Lipinski definition) is 0. The zero-order valence-corrected chi connectivity index (χ0v) is 35.0. The van der Waals surface area contributed by atoms with Crippen LogP contribution in [0.3, 0.4) is 0 Å². The van der Waals surface area contributed by atoms with Gasteiger partial charge >= 0.3 is 0 Å². The summed E-state index contributed by atoms with van der Waals surface area (Å²) in [5.41, 5.74) is 20.9. The monoisotopic (exact) mass is 816 g/mol. The number of anilines is 9. The number of rotatable bonds is 8. The second kappa shape index (κ2) is 15.8. The van der Waals surface area contributed by atoms with E-state index in [4.69, 9.17) is 0 Å². The van der Waals surface area contributed by atoms with Crippen molar-refractivity contribution in [3.8, 4) is 33.4 Å². The molecular formula is C59H41BN4. The maximum atomic E-state index is 4.37. The quantitative estimate of drug-likeness (QED) is 0.143. The Labute approximate surface area is 374 Å². The highest BCUT2D eigenvalue weighted by atomic mass is 15.2. The van der Waals surface area contributed by atoms with Crippen molar-refractivity contribution in [2.45, 2.75) is 0 Å². The van der Waals surface area contributed by atoms with Crippen molar-refractivity contribution in [3.63, 3.8) is 0 Å². The molecule has 10 aromatic rings. The summed E-state index contributed by atoms with van der Waals surface area (Å²) < 4.78 is 0. The van der Waals surface area contributed by atoms with Crippen LogP contribution in [-0.2, 0) is 0 Å². The van der Waals surface area contributed by atoms with E-state index in [1.54, 1.807) is 0 Å². The summed E-state index contributed by atoms with van der Waals surface area (Å²) in [4.78, 5) is 11.7. The standard InChI is InChI=1S/C59H41BN4/c1-6-17-42(18-7-1)45-29-31-53-57(40-45)64(52-38-46(43-19-8-2-9-20-43)37-47(39-52)44-33-35-61-36-34-44)56-28-16-27-55-59(56)60(53)54-32-30-51(41-58(54)63(55)50-25-14-5-15-26-50)62(48-21-10-3-11-22-48)49-23-12-4-13-24-49/h1-41H. The third-order valence-corrected chi connectivity index (χ3v) is 12.7. The van der Waals surface area contributed by atoms with Crippen molar-refractivity contribution in [2.75, 3.05) is 14.7 Å². The van der Waals surface area contributed by atoms with E-state index in [0.717, 1.165) is 56.5 Å². The van der Waals surface area contributed by atoms with E-state index in [2.05, 4.69) is 256 Å². The van der Waals surface area contributed by atoms with Crippen LogP contribution in [0.15, 0.2) is 249 Å². The maximum absolute atomic E-state index is 4.37. The zero-order chi connectivity index (χ0) is 42.4. The highest BCUT2D eigenvalue weighted by Gasteiger charge is 2.43. The normalized spacial score (nSPS) is 12.3. The molecule has 12 rings (SSSR count). The molecule has 0 aliphatic carbocycles. The van der Waals surface area contributed by atoms with Gasteiger partial charge in [-0.2, -0.15) is 0 Å². The molecule has 0 saturated heterocycles. The van der Waals surface area contributed by atoms with Gasteiger partial charge in [0.15, 0.2) is 0 Å². The van der Waals surface area contributed by atoms with E-state index in [-0.39, 0.29) is 6.71 Å². The van der Waals surface area contributed by atoms with Crippen molar-refractivity contribution < 1.29 is 0 Å². The molecule has 0 spiro atoms. The average molecular weight is 817 g/mol. The molecule has 2 aliphatic heterocycles. The van der Waals surface area contributed by atoms with Crippen LogP contribution in [0.1, 0.15) is 0 Å². The highest BCUT2D eigenvalue weighted by Crippen LogP contribution is 2.47. The molecule has 0 bridgehead atoms. The van der Waals surface area contributed by atoms with Crippen LogP contribution in [0, 0.1) is 0 Å². The first kappa shape index (κ1) is 37.4. The van der Waals surface area contributed by atoms with Crippen LogP contribution >= 0.6 is 0 Å². The fourth-order valence-corrected chi connectivity index (χ4v) is 9.85. The first-order valence-corrected chi connectivity index (χ1v) is 21.9. The molecular weight excluding hydrogens is 775 g/mol. The Morgan fingerprint density at radius 2 is 0.797 bits per heavy atom. The zero-order valence-electron chi connectivity index (χ0n) is 35.0. The van der Waals surface area contributed by atoms with Crippen LogP contribution < -0.4 is 31.1 Å². The Morgan fingerprint density at radius 1 is 0.312 bits per heavy atom. The summed E-state index contributed by atoms with van der Waals surface area (Å²) in [5.74, 6) is 0. The molecule has 300 valence electrons. The lowest BCUT2D eigenvalue weighted by Gasteiger charge is -2.44. The summed E-state index contributed by atoms with van der Waals surface area (Å²) in [5, 5.41) is 0. The first-order valence-electron chi connectivity index (χ1n) is 21.9. The number of aromatic nitrogens is 1. The summed E-state index contributed by atoms with van der Waals surface area (Å²) in [6.07, 6.45) is 3.76. The largest absolute Gasteiger partial charge is 0.311 e. The van der Waals surface area contributed by atoms with Gasteiger partial charge in [-0.15, -0.1) is 0 Å². The molecule has 9 aromatic carbocycles. The Balaban J connectivity index is 1.13. The SMILES string of the molecule is c1ccc(-c2cc(-c3ccncc3)cc(N3c4cc(-c5ccccc5)ccc4B4c5ccc(N(c6ccccc6)c6ccccc6)cc5N(c5ccccc5)c5cccc3c54)c2)cc1. The minimum absolute atomic E-state index is 0.0369. The lowest BCUT2D eigenvalue weighted by Crippen LogP contribution is -2.61. The second-order valence-corrected chi connectivity index (χ2v) is 16.4. The van der Waals surface area contributed by atoms with Gasteiger partial charge in [-0.1, -0.05) is 140 Å². The van der Waals surface area contributed by atoms with E-state index in [0.29, 0.717) is 0 Å². The van der Waals surface area contributed by atoms with Crippen molar-refractivity contribution in [3.05, 3.63) is 249 Å². The molecule has 0 radical (unpaired) electrons. The number of benzene rings is 9. The highest BCUT2D eigenvalue weighted by molar-refractivity contribution is 7.00. The fraction of sp³-hybridized carbons (Fsp3) is 0. The Kier molecular flexibility index (Phi) is 9.23. The van der Waals surface area contributed by atoms with E-state index in [1.165, 1.54) is 44.5 Å².